The average molecular weight is 137 g/mol. The van der Waals surface area contributed by atoms with Crippen LogP contribution in [0.5, 0.6) is 0 Å². The third-order valence-corrected chi connectivity index (χ3v) is 1.29. The number of halogens is 1. The van der Waals surface area contributed by atoms with Gasteiger partial charge in [0.1, 0.15) is 17.6 Å². The highest BCUT2D eigenvalue weighted by Gasteiger charge is 1.96. The highest BCUT2D eigenvalue weighted by molar-refractivity contribution is 5.76. The van der Waals surface area contributed by atoms with E-state index in [9.17, 15) is 4.39 Å². The molecule has 0 saturated heterocycles. The molecule has 0 atom stereocenters. The first kappa shape index (κ1) is 5.41. The Morgan fingerprint density at radius 2 is 2.30 bits per heavy atom. The molecule has 0 aliphatic carbocycles. The fourth-order valence-corrected chi connectivity index (χ4v) is 0.830. The fraction of sp³-hybridized carbons (Fsp3) is 0. The van der Waals surface area contributed by atoms with Gasteiger partial charge in [0.2, 0.25) is 0 Å². The number of nitrogens with zero attached hydrogens (tertiary/aromatic N) is 1. The molecule has 2 rings (SSSR count). The fourth-order valence-electron chi connectivity index (χ4n) is 0.830. The molecule has 3 heteroatoms. The van der Waals surface area contributed by atoms with Crippen molar-refractivity contribution in [3.05, 3.63) is 30.6 Å². The Kier molecular flexibility index (Phi) is 0.974. The summed E-state index contributed by atoms with van der Waals surface area (Å²) < 4.78 is 17.2. The third-order valence-electron chi connectivity index (χ3n) is 1.29. The number of fused-ring (bicyclic) bond motifs is 1. The van der Waals surface area contributed by atoms with Crippen LogP contribution in [0.1, 0.15) is 0 Å². The second-order valence-electron chi connectivity index (χ2n) is 2.00. The number of rotatable bonds is 0. The van der Waals surface area contributed by atoms with Gasteiger partial charge in [-0.25, -0.2) is 9.37 Å². The summed E-state index contributed by atoms with van der Waals surface area (Å²) in [5, 5.41) is 0.694. The highest BCUT2D eigenvalue weighted by atomic mass is 19.1. The van der Waals surface area contributed by atoms with Crippen molar-refractivity contribution in [3.63, 3.8) is 0 Å². The van der Waals surface area contributed by atoms with Crippen LogP contribution in [0, 0.1) is 5.82 Å². The van der Waals surface area contributed by atoms with E-state index in [1.807, 2.05) is 0 Å². The zero-order valence-electron chi connectivity index (χ0n) is 5.04. The van der Waals surface area contributed by atoms with Crippen LogP contribution in [-0.4, -0.2) is 4.98 Å². The molecule has 0 radical (unpaired) electrons. The molecule has 2 heterocycles. The summed E-state index contributed by atoms with van der Waals surface area (Å²) in [7, 11) is 0. The standard InChI is InChI=1S/C7H4FNO/c8-6-1-5-3-10-4-7(5)9-2-6/h1-4H. The molecule has 0 amide bonds. The number of aromatic nitrogens is 1. The zero-order valence-corrected chi connectivity index (χ0v) is 5.04. The molecule has 0 bridgehead atoms. The van der Waals surface area contributed by atoms with Gasteiger partial charge in [0.25, 0.3) is 0 Å². The molecule has 0 spiro atoms. The van der Waals surface area contributed by atoms with E-state index in [1.165, 1.54) is 18.6 Å². The molecule has 0 aromatic carbocycles. The largest absolute Gasteiger partial charge is 0.470 e. The maximum atomic E-state index is 12.4. The van der Waals surface area contributed by atoms with Gasteiger partial charge in [-0.05, 0) is 6.07 Å². The lowest BCUT2D eigenvalue weighted by Gasteiger charge is -1.84. The normalized spacial score (nSPS) is 10.5. The van der Waals surface area contributed by atoms with E-state index >= 15 is 0 Å². The Morgan fingerprint density at radius 3 is 3.20 bits per heavy atom. The number of hydrogen-bond donors (Lipinski definition) is 0. The molecule has 50 valence electrons. The Balaban J connectivity index is 2.86. The van der Waals surface area contributed by atoms with Crippen LogP contribution in [0.2, 0.25) is 0 Å². The molecule has 10 heavy (non-hydrogen) atoms. The maximum Gasteiger partial charge on any atom is 0.142 e. The Bertz CT molecular complexity index is 355. The number of hydrogen-bond acceptors (Lipinski definition) is 2. The van der Waals surface area contributed by atoms with E-state index in [2.05, 4.69) is 4.98 Å². The second kappa shape index (κ2) is 1.80. The van der Waals surface area contributed by atoms with Crippen molar-refractivity contribution in [1.29, 1.82) is 0 Å². The van der Waals surface area contributed by atoms with Crippen molar-refractivity contribution in [3.8, 4) is 0 Å². The van der Waals surface area contributed by atoms with Crippen molar-refractivity contribution in [2.45, 2.75) is 0 Å². The lowest BCUT2D eigenvalue weighted by Crippen LogP contribution is -1.75. The van der Waals surface area contributed by atoms with Gasteiger partial charge in [-0.15, -0.1) is 0 Å². The van der Waals surface area contributed by atoms with Crippen LogP contribution in [0.3, 0.4) is 0 Å². The Hall–Kier alpha value is -1.38. The van der Waals surface area contributed by atoms with E-state index in [0.717, 1.165) is 6.20 Å². The summed E-state index contributed by atoms with van der Waals surface area (Å²) in [6.45, 7) is 0. The monoisotopic (exact) mass is 137 g/mol. The summed E-state index contributed by atoms with van der Waals surface area (Å²) in [5.41, 5.74) is 0.682. The minimum Gasteiger partial charge on any atom is -0.470 e. The van der Waals surface area contributed by atoms with Gasteiger partial charge in [0.15, 0.2) is 0 Å². The van der Waals surface area contributed by atoms with E-state index in [0.29, 0.717) is 10.9 Å². The molecular weight excluding hydrogens is 133 g/mol. The summed E-state index contributed by atoms with van der Waals surface area (Å²) in [5.74, 6) is -0.339. The molecular formula is C7H4FNO. The lowest BCUT2D eigenvalue weighted by atomic mass is 10.3. The average Bonchev–Trinajstić information content (AvgIpc) is 2.33. The highest BCUT2D eigenvalue weighted by Crippen LogP contribution is 2.12. The van der Waals surface area contributed by atoms with E-state index in [1.54, 1.807) is 0 Å². The van der Waals surface area contributed by atoms with Gasteiger partial charge in [-0.1, -0.05) is 0 Å². The molecule has 0 saturated carbocycles. The van der Waals surface area contributed by atoms with Crippen molar-refractivity contribution < 1.29 is 8.81 Å². The van der Waals surface area contributed by atoms with Gasteiger partial charge in [-0.3, -0.25) is 0 Å². The molecule has 0 aliphatic rings. The molecule has 0 N–H and O–H groups in total. The van der Waals surface area contributed by atoms with Gasteiger partial charge < -0.3 is 4.42 Å². The number of furan rings is 1. The summed E-state index contributed by atoms with van der Waals surface area (Å²) in [6, 6.07) is 1.38. The minimum atomic E-state index is -0.339. The van der Waals surface area contributed by atoms with Crippen LogP contribution in [0.25, 0.3) is 10.9 Å². The van der Waals surface area contributed by atoms with Gasteiger partial charge >= 0.3 is 0 Å². The molecule has 0 fully saturated rings. The molecule has 0 aliphatic heterocycles. The Labute approximate surface area is 56.3 Å². The summed E-state index contributed by atoms with van der Waals surface area (Å²) in [6.07, 6.45) is 4.11. The van der Waals surface area contributed by atoms with Crippen LogP contribution < -0.4 is 0 Å². The van der Waals surface area contributed by atoms with Crippen LogP contribution in [0.4, 0.5) is 4.39 Å². The SMILES string of the molecule is Fc1cnc2cocc2c1. The van der Waals surface area contributed by atoms with Gasteiger partial charge in [0.05, 0.1) is 12.5 Å². The molecule has 2 aromatic rings. The van der Waals surface area contributed by atoms with Crippen molar-refractivity contribution >= 4 is 10.9 Å². The first-order valence-electron chi connectivity index (χ1n) is 2.84. The lowest BCUT2D eigenvalue weighted by molar-refractivity contribution is 0.571. The topological polar surface area (TPSA) is 26.0 Å². The van der Waals surface area contributed by atoms with Crippen molar-refractivity contribution in [1.82, 2.24) is 4.98 Å². The Morgan fingerprint density at radius 1 is 1.40 bits per heavy atom. The van der Waals surface area contributed by atoms with E-state index in [4.69, 9.17) is 4.42 Å². The molecule has 0 unspecified atom stereocenters. The maximum absolute atomic E-state index is 12.4. The predicted octanol–water partition coefficient (Wildman–Crippen LogP) is 1.97. The molecule has 2 nitrogen and oxygen atoms in total. The third kappa shape index (κ3) is 0.673. The number of pyridine rings is 1. The quantitative estimate of drug-likeness (QED) is 0.554. The van der Waals surface area contributed by atoms with Crippen molar-refractivity contribution in [2.75, 3.05) is 0 Å². The van der Waals surface area contributed by atoms with Crippen LogP contribution in [0.15, 0.2) is 29.2 Å². The summed E-state index contributed by atoms with van der Waals surface area (Å²) in [4.78, 5) is 3.77. The van der Waals surface area contributed by atoms with Crippen LogP contribution >= 0.6 is 0 Å². The first-order valence-corrected chi connectivity index (χ1v) is 2.84. The van der Waals surface area contributed by atoms with Crippen molar-refractivity contribution in [2.24, 2.45) is 0 Å². The predicted molar refractivity (Wildman–Crippen MR) is 34.0 cm³/mol. The summed E-state index contributed by atoms with van der Waals surface area (Å²) >= 11 is 0. The minimum absolute atomic E-state index is 0.339. The molecule has 2 aromatic heterocycles. The van der Waals surface area contributed by atoms with Gasteiger partial charge in [-0.2, -0.15) is 0 Å². The first-order chi connectivity index (χ1) is 4.86. The zero-order chi connectivity index (χ0) is 6.97. The van der Waals surface area contributed by atoms with E-state index in [-0.39, 0.29) is 5.82 Å². The van der Waals surface area contributed by atoms with Crippen LogP contribution in [-0.2, 0) is 0 Å². The van der Waals surface area contributed by atoms with Gasteiger partial charge in [0, 0.05) is 5.39 Å². The second-order valence-corrected chi connectivity index (χ2v) is 2.00. The smallest absolute Gasteiger partial charge is 0.142 e. The van der Waals surface area contributed by atoms with E-state index < -0.39 is 0 Å².